The lowest BCUT2D eigenvalue weighted by molar-refractivity contribution is 0.100. The number of aliphatic imine (C=N–C) groups is 1. The molecule has 0 N–H and O–H groups in total. The van der Waals surface area contributed by atoms with Crippen molar-refractivity contribution in [2.24, 2.45) is 4.99 Å². The molecule has 160 valence electrons. The molecule has 0 radical (unpaired) electrons. The summed E-state index contributed by atoms with van der Waals surface area (Å²) in [5.41, 5.74) is 1.36. The number of carbonyl (C=O) groups is 1. The lowest BCUT2D eigenvalue weighted by Gasteiger charge is -2.27. The number of methoxy groups -OCH3 is 4. The Morgan fingerprint density at radius 2 is 1.57 bits per heavy atom. The number of carbonyl (C=O) groups excluding carboxylic acids is 1. The number of rotatable bonds is 8. The number of ketones is 1. The van der Waals surface area contributed by atoms with Crippen molar-refractivity contribution in [2.45, 2.75) is 6.42 Å². The Bertz CT molecular complexity index is 932. The molecule has 1 aliphatic rings. The Labute approximate surface area is 181 Å². The molecular weight excluding hydrogens is 404 g/mol. The van der Waals surface area contributed by atoms with Gasteiger partial charge < -0.3 is 23.8 Å². The highest BCUT2D eigenvalue weighted by Crippen LogP contribution is 2.34. The van der Waals surface area contributed by atoms with E-state index in [4.69, 9.17) is 18.9 Å². The van der Waals surface area contributed by atoms with Crippen molar-refractivity contribution in [3.05, 3.63) is 42.0 Å². The number of hydrogen-bond donors (Lipinski definition) is 0. The van der Waals surface area contributed by atoms with E-state index in [0.29, 0.717) is 28.6 Å². The van der Waals surface area contributed by atoms with Crippen LogP contribution in [0.15, 0.2) is 41.4 Å². The molecule has 8 heteroatoms. The number of Topliss-reactive ketones (excluding diaryl/α,β-unsaturated/α-hetero) is 1. The fourth-order valence-corrected chi connectivity index (χ4v) is 4.08. The van der Waals surface area contributed by atoms with E-state index in [2.05, 4.69) is 4.99 Å². The first kappa shape index (κ1) is 21.8. The molecule has 2 aromatic carbocycles. The van der Waals surface area contributed by atoms with Crippen molar-refractivity contribution in [2.75, 3.05) is 52.2 Å². The van der Waals surface area contributed by atoms with Crippen LogP contribution < -0.4 is 23.8 Å². The number of anilines is 1. The third kappa shape index (κ3) is 4.81. The molecule has 0 bridgehead atoms. The van der Waals surface area contributed by atoms with Gasteiger partial charge in [-0.1, -0.05) is 11.8 Å². The first-order valence-corrected chi connectivity index (χ1v) is 10.5. The molecule has 0 spiro atoms. The number of thioether (sulfide) groups is 1. The predicted octanol–water partition coefficient (Wildman–Crippen LogP) is 3.90. The van der Waals surface area contributed by atoms with Gasteiger partial charge in [0.05, 0.1) is 35.0 Å². The summed E-state index contributed by atoms with van der Waals surface area (Å²) in [4.78, 5) is 19.7. The van der Waals surface area contributed by atoms with Gasteiger partial charge in [-0.05, 0) is 36.8 Å². The van der Waals surface area contributed by atoms with E-state index in [0.717, 1.165) is 29.6 Å². The summed E-state index contributed by atoms with van der Waals surface area (Å²) in [5.74, 6) is 3.24. The van der Waals surface area contributed by atoms with Crippen LogP contribution in [0, 0.1) is 0 Å². The first-order chi connectivity index (χ1) is 14.6. The molecular formula is C22H26N2O5S. The maximum atomic E-state index is 13.2. The van der Waals surface area contributed by atoms with Crippen molar-refractivity contribution in [3.8, 4) is 23.0 Å². The minimum absolute atomic E-state index is 0.0559. The number of benzene rings is 2. The molecule has 0 unspecified atom stereocenters. The predicted molar refractivity (Wildman–Crippen MR) is 120 cm³/mol. The largest absolute Gasteiger partial charge is 0.493 e. The van der Waals surface area contributed by atoms with E-state index < -0.39 is 0 Å². The highest BCUT2D eigenvalue weighted by molar-refractivity contribution is 8.14. The van der Waals surface area contributed by atoms with Crippen LogP contribution in [0.5, 0.6) is 23.0 Å². The quantitative estimate of drug-likeness (QED) is 0.588. The zero-order valence-electron chi connectivity index (χ0n) is 17.6. The molecule has 0 aromatic heterocycles. The van der Waals surface area contributed by atoms with Crippen molar-refractivity contribution in [3.63, 3.8) is 0 Å². The van der Waals surface area contributed by atoms with Crippen molar-refractivity contribution in [1.82, 2.24) is 0 Å². The summed E-state index contributed by atoms with van der Waals surface area (Å²) in [6, 6.07) is 10.8. The van der Waals surface area contributed by atoms with Crippen LogP contribution in [-0.4, -0.2) is 58.2 Å². The summed E-state index contributed by atoms with van der Waals surface area (Å²) in [6.07, 6.45) is 1.03. The van der Waals surface area contributed by atoms with Gasteiger partial charge in [0.15, 0.2) is 33.9 Å². The van der Waals surface area contributed by atoms with Crippen LogP contribution in [0.3, 0.4) is 0 Å². The summed E-state index contributed by atoms with van der Waals surface area (Å²) >= 11 is 1.65. The van der Waals surface area contributed by atoms with Crippen LogP contribution in [0.2, 0.25) is 0 Å². The maximum Gasteiger partial charge on any atom is 0.182 e. The van der Waals surface area contributed by atoms with Crippen molar-refractivity contribution < 1.29 is 23.7 Å². The van der Waals surface area contributed by atoms with Gasteiger partial charge in [-0.2, -0.15) is 0 Å². The Kier molecular flexibility index (Phi) is 7.46. The van der Waals surface area contributed by atoms with Crippen LogP contribution >= 0.6 is 11.8 Å². The Morgan fingerprint density at radius 3 is 2.17 bits per heavy atom. The fourth-order valence-electron chi connectivity index (χ4n) is 3.12. The standard InChI is InChI=1S/C22H26N2O5S/c1-26-18-8-6-15(12-20(18)28-3)17(25)14-24(22-23-10-5-11-30-22)16-7-9-19(27-2)21(13-16)29-4/h6-9,12-13H,5,10-11,14H2,1-4H3. The fraction of sp³-hybridized carbons (Fsp3) is 0.364. The van der Waals surface area contributed by atoms with Gasteiger partial charge in [-0.3, -0.25) is 9.79 Å². The molecule has 0 amide bonds. The van der Waals surface area contributed by atoms with Crippen LogP contribution in [0.25, 0.3) is 0 Å². The monoisotopic (exact) mass is 430 g/mol. The van der Waals surface area contributed by atoms with E-state index in [1.54, 1.807) is 58.4 Å². The van der Waals surface area contributed by atoms with E-state index in [-0.39, 0.29) is 12.3 Å². The van der Waals surface area contributed by atoms with Gasteiger partial charge in [-0.15, -0.1) is 0 Å². The zero-order chi connectivity index (χ0) is 21.5. The minimum atomic E-state index is -0.0559. The van der Waals surface area contributed by atoms with Crippen LogP contribution in [0.4, 0.5) is 5.69 Å². The second-order valence-corrected chi connectivity index (χ2v) is 7.55. The second kappa shape index (κ2) is 10.2. The molecule has 0 saturated heterocycles. The normalized spacial score (nSPS) is 13.3. The zero-order valence-corrected chi connectivity index (χ0v) is 18.5. The van der Waals surface area contributed by atoms with Crippen molar-refractivity contribution >= 4 is 28.4 Å². The van der Waals surface area contributed by atoms with Gasteiger partial charge in [0.2, 0.25) is 0 Å². The highest BCUT2D eigenvalue weighted by atomic mass is 32.2. The molecule has 3 rings (SSSR count). The van der Waals surface area contributed by atoms with Gasteiger partial charge in [0.1, 0.15) is 0 Å². The van der Waals surface area contributed by atoms with E-state index in [1.807, 2.05) is 23.1 Å². The average Bonchev–Trinajstić information content (AvgIpc) is 2.81. The first-order valence-electron chi connectivity index (χ1n) is 9.53. The Morgan fingerprint density at radius 1 is 0.933 bits per heavy atom. The number of amidine groups is 1. The molecule has 0 saturated carbocycles. The van der Waals surface area contributed by atoms with Crippen molar-refractivity contribution in [1.29, 1.82) is 0 Å². The van der Waals surface area contributed by atoms with Gasteiger partial charge in [-0.25, -0.2) is 0 Å². The molecule has 7 nitrogen and oxygen atoms in total. The molecule has 0 aliphatic carbocycles. The summed E-state index contributed by atoms with van der Waals surface area (Å²) < 4.78 is 21.4. The van der Waals surface area contributed by atoms with E-state index in [1.165, 1.54) is 0 Å². The van der Waals surface area contributed by atoms with Gasteiger partial charge in [0.25, 0.3) is 0 Å². The molecule has 1 aliphatic heterocycles. The van der Waals surface area contributed by atoms with Crippen LogP contribution in [0.1, 0.15) is 16.8 Å². The molecule has 2 aromatic rings. The molecule has 0 fully saturated rings. The number of hydrogen-bond acceptors (Lipinski definition) is 8. The SMILES string of the molecule is COc1ccc(C(=O)CN(C2=NCCCS2)c2ccc(OC)c(OC)c2)cc1OC. The maximum absolute atomic E-state index is 13.2. The summed E-state index contributed by atoms with van der Waals surface area (Å²) in [7, 11) is 6.30. The Balaban J connectivity index is 1.94. The molecule has 30 heavy (non-hydrogen) atoms. The van der Waals surface area contributed by atoms with Crippen LogP contribution in [-0.2, 0) is 0 Å². The summed E-state index contributed by atoms with van der Waals surface area (Å²) in [5, 5.41) is 0.822. The minimum Gasteiger partial charge on any atom is -0.493 e. The third-order valence-corrected chi connectivity index (χ3v) is 5.80. The van der Waals surface area contributed by atoms with Gasteiger partial charge >= 0.3 is 0 Å². The average molecular weight is 431 g/mol. The lowest BCUT2D eigenvalue weighted by atomic mass is 10.1. The molecule has 0 atom stereocenters. The third-order valence-electron chi connectivity index (χ3n) is 4.70. The smallest absolute Gasteiger partial charge is 0.182 e. The second-order valence-electron chi connectivity index (χ2n) is 6.48. The van der Waals surface area contributed by atoms with Gasteiger partial charge in [0, 0.05) is 29.6 Å². The summed E-state index contributed by atoms with van der Waals surface area (Å²) in [6.45, 7) is 0.882. The number of ether oxygens (including phenoxy) is 4. The molecule has 1 heterocycles. The number of nitrogens with zero attached hydrogens (tertiary/aromatic N) is 2. The lowest BCUT2D eigenvalue weighted by Crippen LogP contribution is -2.35. The topological polar surface area (TPSA) is 69.6 Å². The van der Waals surface area contributed by atoms with E-state index >= 15 is 0 Å². The highest BCUT2D eigenvalue weighted by Gasteiger charge is 2.22. The van der Waals surface area contributed by atoms with E-state index in [9.17, 15) is 4.79 Å². The Hall–Kier alpha value is -2.87.